The van der Waals surface area contributed by atoms with E-state index in [-0.39, 0.29) is 4.90 Å². The smallest absolute Gasteiger partial charge is 0.371 e. The highest BCUT2D eigenvalue weighted by Crippen LogP contribution is 2.12. The highest BCUT2D eigenvalue weighted by molar-refractivity contribution is 7.94. The van der Waals surface area contributed by atoms with Crippen LogP contribution in [0.5, 0.6) is 0 Å². The van der Waals surface area contributed by atoms with Gasteiger partial charge in [-0.05, 0) is 12.1 Å². The summed E-state index contributed by atoms with van der Waals surface area (Å²) < 4.78 is 22.9. The molecule has 2 N–H and O–H groups in total. The Hall–Kier alpha value is -1.82. The van der Waals surface area contributed by atoms with E-state index in [0.29, 0.717) is 5.41 Å². The molecule has 0 saturated heterocycles. The second-order valence-electron chi connectivity index (χ2n) is 2.67. The number of carboxylic acids is 1. The molecule has 0 aliphatic carbocycles. The lowest BCUT2D eigenvalue weighted by Crippen LogP contribution is -2.04. The first-order valence-corrected chi connectivity index (χ1v) is 5.42. The van der Waals surface area contributed by atoms with E-state index in [1.165, 1.54) is 24.3 Å². The number of sulfone groups is 1. The second-order valence-corrected chi connectivity index (χ2v) is 4.46. The topological polar surface area (TPSA) is 91.7 Å². The molecular weight excluding hydrogens is 220 g/mol. The zero-order chi connectivity index (χ0) is 11.5. The molecule has 15 heavy (non-hydrogen) atoms. The van der Waals surface area contributed by atoms with Gasteiger partial charge >= 0.3 is 5.97 Å². The molecule has 6 heteroatoms. The third-order valence-corrected chi connectivity index (χ3v) is 3.02. The van der Waals surface area contributed by atoms with Crippen LogP contribution in [-0.4, -0.2) is 24.6 Å². The number of benzene rings is 1. The van der Waals surface area contributed by atoms with E-state index >= 15 is 0 Å². The largest absolute Gasteiger partial charge is 0.501 e. The number of hydrogen-bond acceptors (Lipinski definition) is 4. The van der Waals surface area contributed by atoms with E-state index in [1.807, 2.05) is 0 Å². The Kier molecular flexibility index (Phi) is 3.11. The number of aliphatic hydroxyl groups is 1. The van der Waals surface area contributed by atoms with Crippen LogP contribution in [0.15, 0.2) is 46.4 Å². The monoisotopic (exact) mass is 228 g/mol. The zero-order valence-electron chi connectivity index (χ0n) is 7.49. The molecule has 1 aromatic carbocycles. The molecule has 0 bridgehead atoms. The van der Waals surface area contributed by atoms with E-state index in [4.69, 9.17) is 10.2 Å². The summed E-state index contributed by atoms with van der Waals surface area (Å²) in [5.41, 5.74) is 0. The van der Waals surface area contributed by atoms with E-state index in [0.717, 1.165) is 0 Å². The highest BCUT2D eigenvalue weighted by atomic mass is 32.2. The molecule has 1 rings (SSSR count). The van der Waals surface area contributed by atoms with Crippen LogP contribution >= 0.6 is 0 Å². The van der Waals surface area contributed by atoms with Crippen molar-refractivity contribution in [3.63, 3.8) is 0 Å². The van der Waals surface area contributed by atoms with Gasteiger partial charge in [-0.25, -0.2) is 13.2 Å². The van der Waals surface area contributed by atoms with Crippen LogP contribution in [0.4, 0.5) is 0 Å². The van der Waals surface area contributed by atoms with Gasteiger partial charge in [-0.2, -0.15) is 0 Å². The van der Waals surface area contributed by atoms with Crippen molar-refractivity contribution in [2.75, 3.05) is 0 Å². The van der Waals surface area contributed by atoms with Gasteiger partial charge in [-0.15, -0.1) is 0 Å². The van der Waals surface area contributed by atoms with Crippen LogP contribution in [0.3, 0.4) is 0 Å². The fraction of sp³-hybridized carbons (Fsp3) is 0. The molecule has 0 aliphatic rings. The van der Waals surface area contributed by atoms with Crippen molar-refractivity contribution < 1.29 is 23.4 Å². The predicted molar refractivity (Wildman–Crippen MR) is 52.0 cm³/mol. The summed E-state index contributed by atoms with van der Waals surface area (Å²) >= 11 is 0. The van der Waals surface area contributed by atoms with E-state index < -0.39 is 21.6 Å². The van der Waals surface area contributed by atoms with Crippen molar-refractivity contribution in [1.82, 2.24) is 0 Å². The summed E-state index contributed by atoms with van der Waals surface area (Å²) in [6.45, 7) is 0. The van der Waals surface area contributed by atoms with Crippen LogP contribution in [0.2, 0.25) is 0 Å². The minimum Gasteiger partial charge on any atom is -0.501 e. The lowest BCUT2D eigenvalue weighted by atomic mass is 10.4. The number of hydrogen-bond donors (Lipinski definition) is 2. The molecule has 0 heterocycles. The SMILES string of the molecule is O=C(O)/C(O)=C/S(=O)(=O)c1ccccc1. The van der Waals surface area contributed by atoms with Crippen molar-refractivity contribution >= 4 is 15.8 Å². The minimum absolute atomic E-state index is 0.0715. The van der Waals surface area contributed by atoms with Gasteiger partial charge in [-0.1, -0.05) is 18.2 Å². The molecular formula is C9H8O5S. The van der Waals surface area contributed by atoms with Gasteiger partial charge in [0.1, 0.15) is 0 Å². The van der Waals surface area contributed by atoms with Gasteiger partial charge in [-0.3, -0.25) is 0 Å². The third-order valence-electron chi connectivity index (χ3n) is 1.56. The lowest BCUT2D eigenvalue weighted by Gasteiger charge is -1.98. The Morgan fingerprint density at radius 3 is 2.13 bits per heavy atom. The molecule has 0 aliphatic heterocycles. The van der Waals surface area contributed by atoms with Crippen molar-refractivity contribution in [3.05, 3.63) is 41.5 Å². The summed E-state index contributed by atoms with van der Waals surface area (Å²) in [5, 5.41) is 17.4. The Morgan fingerprint density at radius 1 is 1.13 bits per heavy atom. The maximum atomic E-state index is 11.4. The van der Waals surface area contributed by atoms with Gasteiger partial charge < -0.3 is 10.2 Å². The lowest BCUT2D eigenvalue weighted by molar-refractivity contribution is -0.135. The van der Waals surface area contributed by atoms with E-state index in [9.17, 15) is 13.2 Å². The molecule has 0 saturated carbocycles. The van der Waals surface area contributed by atoms with Crippen LogP contribution in [-0.2, 0) is 14.6 Å². The fourth-order valence-corrected chi connectivity index (χ4v) is 1.94. The highest BCUT2D eigenvalue weighted by Gasteiger charge is 2.15. The third kappa shape index (κ3) is 2.81. The Bertz CT molecular complexity index is 486. The molecule has 80 valence electrons. The van der Waals surface area contributed by atoms with Gasteiger partial charge in [0.2, 0.25) is 15.6 Å². The fourth-order valence-electron chi connectivity index (χ4n) is 0.876. The van der Waals surface area contributed by atoms with Gasteiger partial charge in [0, 0.05) is 0 Å². The van der Waals surface area contributed by atoms with Crippen LogP contribution in [0, 0.1) is 0 Å². The second kappa shape index (κ2) is 4.14. The average molecular weight is 228 g/mol. The summed E-state index contributed by atoms with van der Waals surface area (Å²) in [6.07, 6.45) is 0. The zero-order valence-corrected chi connectivity index (χ0v) is 8.31. The average Bonchev–Trinajstić information content (AvgIpc) is 2.18. The van der Waals surface area contributed by atoms with Gasteiger partial charge in [0.05, 0.1) is 10.3 Å². The first-order chi connectivity index (χ1) is 6.93. The standard InChI is InChI=1S/C9H8O5S/c10-8(9(11)12)6-15(13,14)7-4-2-1-3-5-7/h1-6,10H,(H,11,12)/b8-6-. The van der Waals surface area contributed by atoms with Crippen molar-refractivity contribution in [1.29, 1.82) is 0 Å². The molecule has 0 radical (unpaired) electrons. The molecule has 0 unspecified atom stereocenters. The number of carboxylic acid groups (broad SMARTS) is 1. The Balaban J connectivity index is 3.17. The van der Waals surface area contributed by atoms with Crippen molar-refractivity contribution in [2.24, 2.45) is 0 Å². The Labute approximate surface area is 86.2 Å². The molecule has 0 spiro atoms. The maximum absolute atomic E-state index is 11.4. The van der Waals surface area contributed by atoms with Gasteiger partial charge in [0.15, 0.2) is 0 Å². The normalized spacial score (nSPS) is 12.4. The number of aliphatic carboxylic acids is 1. The number of carbonyl (C=O) groups is 1. The molecule has 0 fully saturated rings. The van der Waals surface area contributed by atoms with Gasteiger partial charge in [0.25, 0.3) is 0 Å². The summed E-state index contributed by atoms with van der Waals surface area (Å²) in [5.74, 6) is -2.90. The van der Waals surface area contributed by atoms with Crippen LogP contribution in [0.1, 0.15) is 0 Å². The van der Waals surface area contributed by atoms with E-state index in [1.54, 1.807) is 6.07 Å². The number of aliphatic hydroxyl groups excluding tert-OH is 1. The summed E-state index contributed by atoms with van der Waals surface area (Å²) in [7, 11) is -3.90. The molecule has 0 atom stereocenters. The first-order valence-electron chi connectivity index (χ1n) is 3.87. The van der Waals surface area contributed by atoms with E-state index in [2.05, 4.69) is 0 Å². The maximum Gasteiger partial charge on any atom is 0.371 e. The quantitative estimate of drug-likeness (QED) is 0.593. The molecule has 0 aromatic heterocycles. The minimum atomic E-state index is -3.90. The number of rotatable bonds is 3. The van der Waals surface area contributed by atoms with Crippen LogP contribution < -0.4 is 0 Å². The Morgan fingerprint density at radius 2 is 1.67 bits per heavy atom. The molecule has 0 amide bonds. The first kappa shape index (κ1) is 11.3. The predicted octanol–water partition coefficient (Wildman–Crippen LogP) is 0.944. The van der Waals surface area contributed by atoms with Crippen LogP contribution in [0.25, 0.3) is 0 Å². The summed E-state index contributed by atoms with van der Waals surface area (Å²) in [4.78, 5) is 10.2. The molecule has 1 aromatic rings. The summed E-state index contributed by atoms with van der Waals surface area (Å²) in [6, 6.07) is 7.23. The van der Waals surface area contributed by atoms with Crippen molar-refractivity contribution in [3.8, 4) is 0 Å². The molecule has 5 nitrogen and oxygen atoms in total. The van der Waals surface area contributed by atoms with Crippen molar-refractivity contribution in [2.45, 2.75) is 4.90 Å².